The average Bonchev–Trinajstić information content (AvgIpc) is 3.22. The van der Waals surface area contributed by atoms with Crippen LogP contribution in [0.5, 0.6) is 5.75 Å². The van der Waals surface area contributed by atoms with Gasteiger partial charge >= 0.3 is 0 Å². The number of aromatic nitrogens is 3. The Morgan fingerprint density at radius 1 is 1.30 bits per heavy atom. The number of piperidine rings is 1. The second-order valence-corrected chi connectivity index (χ2v) is 6.31. The molecule has 3 rings (SSSR count). The van der Waals surface area contributed by atoms with Crippen molar-refractivity contribution >= 4 is 17.5 Å². The van der Waals surface area contributed by atoms with E-state index in [2.05, 4.69) is 15.5 Å². The lowest BCUT2D eigenvalue weighted by Gasteiger charge is -2.31. The highest BCUT2D eigenvalue weighted by Gasteiger charge is 2.30. The highest BCUT2D eigenvalue weighted by atomic mass is 16.5. The molecule has 9 heteroatoms. The molecule has 1 aromatic carbocycles. The number of carbonyl (C=O) groups is 2. The highest BCUT2D eigenvalue weighted by Crippen LogP contribution is 2.28. The number of nitrogens with one attached hydrogen (secondary N) is 1. The smallest absolute Gasteiger partial charge is 0.229 e. The van der Waals surface area contributed by atoms with Gasteiger partial charge < -0.3 is 19.7 Å². The van der Waals surface area contributed by atoms with Crippen LogP contribution in [0.3, 0.4) is 0 Å². The van der Waals surface area contributed by atoms with E-state index in [9.17, 15) is 9.59 Å². The van der Waals surface area contributed by atoms with Gasteiger partial charge in [0.05, 0.1) is 31.0 Å². The van der Waals surface area contributed by atoms with Crippen molar-refractivity contribution in [1.29, 1.82) is 0 Å². The van der Waals surface area contributed by atoms with Crippen LogP contribution in [-0.4, -0.2) is 65.4 Å². The fourth-order valence-corrected chi connectivity index (χ4v) is 3.07. The first-order chi connectivity index (χ1) is 13.1. The molecule has 1 fully saturated rings. The van der Waals surface area contributed by atoms with E-state index in [4.69, 9.17) is 9.47 Å². The molecule has 1 aliphatic heterocycles. The van der Waals surface area contributed by atoms with Crippen LogP contribution in [0, 0.1) is 5.92 Å². The minimum atomic E-state index is -0.275. The summed E-state index contributed by atoms with van der Waals surface area (Å²) in [5, 5.41) is 10.5. The summed E-state index contributed by atoms with van der Waals surface area (Å²) in [5.41, 5.74) is 1.37. The summed E-state index contributed by atoms with van der Waals surface area (Å²) < 4.78 is 12.1. The van der Waals surface area contributed by atoms with Crippen molar-refractivity contribution in [1.82, 2.24) is 19.7 Å². The molecule has 27 heavy (non-hydrogen) atoms. The van der Waals surface area contributed by atoms with Crippen molar-refractivity contribution in [3.63, 3.8) is 0 Å². The number of carbonyl (C=O) groups excluding carboxylic acids is 2. The maximum absolute atomic E-state index is 12.8. The molecule has 2 amide bonds. The van der Waals surface area contributed by atoms with Gasteiger partial charge in [-0.05, 0) is 24.6 Å². The molecule has 2 heterocycles. The van der Waals surface area contributed by atoms with Crippen LogP contribution in [0.4, 0.5) is 5.69 Å². The lowest BCUT2D eigenvalue weighted by Crippen LogP contribution is -2.45. The molecule has 9 nitrogen and oxygen atoms in total. The average molecular weight is 373 g/mol. The van der Waals surface area contributed by atoms with Crippen molar-refractivity contribution in [3.05, 3.63) is 30.9 Å². The number of amides is 2. The lowest BCUT2D eigenvalue weighted by atomic mass is 9.96. The number of nitrogens with zero attached hydrogens (tertiary/aromatic N) is 4. The van der Waals surface area contributed by atoms with Gasteiger partial charge in [-0.15, -0.1) is 10.2 Å². The molecule has 144 valence electrons. The van der Waals surface area contributed by atoms with Gasteiger partial charge in [-0.1, -0.05) is 0 Å². The van der Waals surface area contributed by atoms with E-state index in [0.717, 1.165) is 5.69 Å². The predicted octanol–water partition coefficient (Wildman–Crippen LogP) is 1.10. The van der Waals surface area contributed by atoms with Crippen molar-refractivity contribution in [3.8, 4) is 11.4 Å². The number of rotatable bonds is 7. The summed E-state index contributed by atoms with van der Waals surface area (Å²) in [6.45, 7) is 1.34. The zero-order valence-electron chi connectivity index (χ0n) is 15.4. The normalized spacial score (nSPS) is 17.0. The summed E-state index contributed by atoms with van der Waals surface area (Å²) in [5.74, 6) is 0.207. The van der Waals surface area contributed by atoms with Crippen molar-refractivity contribution < 1.29 is 19.1 Å². The zero-order valence-corrected chi connectivity index (χ0v) is 15.4. The van der Waals surface area contributed by atoms with Crippen LogP contribution in [0.25, 0.3) is 5.69 Å². The molecular formula is C18H23N5O4. The van der Waals surface area contributed by atoms with Gasteiger partial charge in [0.2, 0.25) is 11.8 Å². The van der Waals surface area contributed by atoms with E-state index in [-0.39, 0.29) is 17.7 Å². The molecular weight excluding hydrogens is 350 g/mol. The van der Waals surface area contributed by atoms with Crippen molar-refractivity contribution in [2.24, 2.45) is 5.92 Å². The van der Waals surface area contributed by atoms with E-state index >= 15 is 0 Å². The Labute approximate surface area is 157 Å². The number of likely N-dealkylation sites (tertiary alicyclic amines) is 1. The second-order valence-electron chi connectivity index (χ2n) is 6.31. The monoisotopic (exact) mass is 373 g/mol. The zero-order chi connectivity index (χ0) is 19.2. The van der Waals surface area contributed by atoms with Crippen molar-refractivity contribution in [2.45, 2.75) is 12.8 Å². The maximum Gasteiger partial charge on any atom is 0.229 e. The number of hydrogen-bond acceptors (Lipinski definition) is 6. The summed E-state index contributed by atoms with van der Waals surface area (Å²) in [6, 6.07) is 5.43. The number of methoxy groups -OCH3 is 2. The van der Waals surface area contributed by atoms with Crippen LogP contribution in [0.15, 0.2) is 30.9 Å². The minimum Gasteiger partial charge on any atom is -0.495 e. The predicted molar refractivity (Wildman–Crippen MR) is 97.7 cm³/mol. The number of anilines is 1. The third kappa shape index (κ3) is 4.43. The molecule has 1 atom stereocenters. The Morgan fingerprint density at radius 2 is 2.07 bits per heavy atom. The van der Waals surface area contributed by atoms with E-state index < -0.39 is 0 Å². The summed E-state index contributed by atoms with van der Waals surface area (Å²) in [6.07, 6.45) is 4.04. The summed E-state index contributed by atoms with van der Waals surface area (Å²) >= 11 is 0. The standard InChI is InChI=1S/C18H23N5O4/c1-26-8-7-22-10-13(3-6-17(22)24)18(25)21-15-9-14(4-5-16(15)27-2)23-11-19-20-12-23/h4-5,9,11-13H,3,6-8,10H2,1-2H3,(H,21,25). The first-order valence-corrected chi connectivity index (χ1v) is 8.73. The Balaban J connectivity index is 1.73. The summed E-state index contributed by atoms with van der Waals surface area (Å²) in [4.78, 5) is 26.5. The number of hydrogen-bond donors (Lipinski definition) is 1. The first kappa shape index (κ1) is 18.8. The van der Waals surface area contributed by atoms with E-state index in [0.29, 0.717) is 44.0 Å². The van der Waals surface area contributed by atoms with E-state index in [1.165, 1.54) is 0 Å². The molecule has 0 saturated carbocycles. The highest BCUT2D eigenvalue weighted by molar-refractivity contribution is 5.95. The van der Waals surface area contributed by atoms with Crippen LogP contribution in [-0.2, 0) is 14.3 Å². The van der Waals surface area contributed by atoms with Crippen LogP contribution < -0.4 is 10.1 Å². The van der Waals surface area contributed by atoms with Gasteiger partial charge in [-0.3, -0.25) is 14.2 Å². The Kier molecular flexibility index (Phi) is 6.02. The molecule has 0 aliphatic carbocycles. The van der Waals surface area contributed by atoms with Crippen LogP contribution in [0.2, 0.25) is 0 Å². The number of ether oxygens (including phenoxy) is 2. The molecule has 0 spiro atoms. The van der Waals surface area contributed by atoms with Crippen LogP contribution >= 0.6 is 0 Å². The third-order valence-corrected chi connectivity index (χ3v) is 4.59. The van der Waals surface area contributed by atoms with Gasteiger partial charge in [0, 0.05) is 26.6 Å². The molecule has 1 aliphatic rings. The molecule has 0 radical (unpaired) electrons. The first-order valence-electron chi connectivity index (χ1n) is 8.73. The molecule has 1 N–H and O–H groups in total. The molecule has 1 aromatic heterocycles. The topological polar surface area (TPSA) is 98.6 Å². The second kappa shape index (κ2) is 8.63. The molecule has 1 saturated heterocycles. The fraction of sp³-hybridized carbons (Fsp3) is 0.444. The van der Waals surface area contributed by atoms with Gasteiger partial charge in [0.1, 0.15) is 18.4 Å². The largest absolute Gasteiger partial charge is 0.495 e. The lowest BCUT2D eigenvalue weighted by molar-refractivity contribution is -0.137. The maximum atomic E-state index is 12.8. The quantitative estimate of drug-likeness (QED) is 0.780. The Morgan fingerprint density at radius 3 is 2.78 bits per heavy atom. The Hall–Kier alpha value is -2.94. The van der Waals surface area contributed by atoms with Crippen LogP contribution in [0.1, 0.15) is 12.8 Å². The molecule has 1 unspecified atom stereocenters. The van der Waals surface area contributed by atoms with Gasteiger partial charge in [-0.2, -0.15) is 0 Å². The van der Waals surface area contributed by atoms with Gasteiger partial charge in [-0.25, -0.2) is 0 Å². The van der Waals surface area contributed by atoms with E-state index in [1.54, 1.807) is 48.5 Å². The minimum absolute atomic E-state index is 0.0586. The summed E-state index contributed by atoms with van der Waals surface area (Å²) in [7, 11) is 3.14. The number of benzene rings is 1. The van der Waals surface area contributed by atoms with Gasteiger partial charge in [0.15, 0.2) is 0 Å². The third-order valence-electron chi connectivity index (χ3n) is 4.59. The molecule has 2 aromatic rings. The van der Waals surface area contributed by atoms with Gasteiger partial charge in [0.25, 0.3) is 0 Å². The molecule has 0 bridgehead atoms. The fourth-order valence-electron chi connectivity index (χ4n) is 3.07. The van der Waals surface area contributed by atoms with E-state index in [1.807, 2.05) is 6.07 Å². The SMILES string of the molecule is COCCN1CC(C(=O)Nc2cc(-n3cnnc3)ccc2OC)CCC1=O. The Bertz CT molecular complexity index is 793. The van der Waals surface area contributed by atoms with Crippen molar-refractivity contribution in [2.75, 3.05) is 39.2 Å².